The fourth-order valence-electron chi connectivity index (χ4n) is 7.09. The van der Waals surface area contributed by atoms with Gasteiger partial charge < -0.3 is 14.8 Å². The van der Waals surface area contributed by atoms with Gasteiger partial charge in [-0.25, -0.2) is 4.39 Å². The first-order valence-corrected chi connectivity index (χ1v) is 12.4. The summed E-state index contributed by atoms with van der Waals surface area (Å²) < 4.78 is 26.2. The first kappa shape index (κ1) is 21.8. The van der Waals surface area contributed by atoms with E-state index in [-0.39, 0.29) is 12.4 Å². The number of benzene rings is 2. The summed E-state index contributed by atoms with van der Waals surface area (Å²) in [7, 11) is 0. The van der Waals surface area contributed by atoms with Crippen LogP contribution in [0.3, 0.4) is 0 Å². The normalized spacial score (nSPS) is 29.2. The minimum atomic E-state index is -0.239. The molecule has 2 aromatic rings. The van der Waals surface area contributed by atoms with Gasteiger partial charge in [-0.05, 0) is 87.7 Å². The van der Waals surface area contributed by atoms with E-state index in [1.165, 1.54) is 44.6 Å². The van der Waals surface area contributed by atoms with E-state index in [9.17, 15) is 4.39 Å². The molecule has 1 unspecified atom stereocenters. The molecule has 4 saturated carbocycles. The third-order valence-corrected chi connectivity index (χ3v) is 8.29. The van der Waals surface area contributed by atoms with Crippen molar-refractivity contribution in [2.24, 2.45) is 23.2 Å². The average molecular weight is 438 g/mol. The molecule has 1 atom stereocenters. The Morgan fingerprint density at radius 1 is 0.938 bits per heavy atom. The van der Waals surface area contributed by atoms with Gasteiger partial charge in [0, 0.05) is 23.7 Å². The Morgan fingerprint density at radius 3 is 2.25 bits per heavy atom. The van der Waals surface area contributed by atoms with Gasteiger partial charge in [-0.3, -0.25) is 0 Å². The summed E-state index contributed by atoms with van der Waals surface area (Å²) in [5.74, 6) is 4.06. The largest absolute Gasteiger partial charge is 0.490 e. The number of para-hydroxylation sites is 1. The van der Waals surface area contributed by atoms with Gasteiger partial charge >= 0.3 is 0 Å². The molecule has 4 aliphatic carbocycles. The molecular formula is C28H36FNO2. The van der Waals surface area contributed by atoms with Crippen molar-refractivity contribution in [1.82, 2.24) is 5.32 Å². The quantitative estimate of drug-likeness (QED) is 0.486. The Bertz CT molecular complexity index is 907. The number of halogens is 1. The minimum Gasteiger partial charge on any atom is -0.490 e. The molecule has 4 bridgehead atoms. The summed E-state index contributed by atoms with van der Waals surface area (Å²) in [5, 5.41) is 3.87. The predicted octanol–water partition coefficient (Wildman–Crippen LogP) is 6.50. The summed E-state index contributed by atoms with van der Waals surface area (Å²) in [6.07, 6.45) is 8.58. The lowest BCUT2D eigenvalue weighted by atomic mass is 9.48. The zero-order valence-corrected chi connectivity index (χ0v) is 19.4. The van der Waals surface area contributed by atoms with E-state index in [1.807, 2.05) is 25.1 Å². The van der Waals surface area contributed by atoms with E-state index in [0.717, 1.165) is 41.4 Å². The molecule has 2 aromatic carbocycles. The van der Waals surface area contributed by atoms with Crippen molar-refractivity contribution in [1.29, 1.82) is 0 Å². The van der Waals surface area contributed by atoms with Crippen LogP contribution < -0.4 is 14.8 Å². The standard InChI is InChI=1S/C28H36FNO2/c1-3-31-26-10-6-8-23(27(26)32-18-24-7-4-5-9-25(24)29)17-30-19(2)28-14-20-11-21(15-28)13-22(12-20)16-28/h4-10,19-22,30H,3,11-18H2,1-2H3. The Kier molecular flexibility index (Phi) is 6.16. The topological polar surface area (TPSA) is 30.5 Å². The first-order chi connectivity index (χ1) is 15.6. The summed E-state index contributed by atoms with van der Waals surface area (Å²) in [6, 6.07) is 13.3. The van der Waals surface area contributed by atoms with Crippen LogP contribution in [0.25, 0.3) is 0 Å². The van der Waals surface area contributed by atoms with Crippen molar-refractivity contribution in [3.63, 3.8) is 0 Å². The highest BCUT2D eigenvalue weighted by Gasteiger charge is 2.52. The van der Waals surface area contributed by atoms with E-state index < -0.39 is 0 Å². The molecule has 0 spiro atoms. The molecule has 0 radical (unpaired) electrons. The van der Waals surface area contributed by atoms with Crippen molar-refractivity contribution in [2.75, 3.05) is 6.61 Å². The number of hydrogen-bond acceptors (Lipinski definition) is 3. The van der Waals surface area contributed by atoms with E-state index >= 15 is 0 Å². The number of hydrogen-bond donors (Lipinski definition) is 1. The lowest BCUT2D eigenvalue weighted by Crippen LogP contribution is -2.54. The molecule has 172 valence electrons. The van der Waals surface area contributed by atoms with Gasteiger partial charge in [0.1, 0.15) is 12.4 Å². The summed E-state index contributed by atoms with van der Waals surface area (Å²) >= 11 is 0. The highest BCUT2D eigenvalue weighted by atomic mass is 19.1. The Hall–Kier alpha value is -2.07. The van der Waals surface area contributed by atoms with Crippen LogP contribution in [0.15, 0.2) is 42.5 Å². The SMILES string of the molecule is CCOc1cccc(CNC(C)C23CC4CC(CC(C4)C2)C3)c1OCc1ccccc1F. The Labute approximate surface area is 191 Å². The zero-order valence-electron chi connectivity index (χ0n) is 19.4. The molecule has 6 rings (SSSR count). The summed E-state index contributed by atoms with van der Waals surface area (Å²) in [4.78, 5) is 0. The molecular weight excluding hydrogens is 401 g/mol. The lowest BCUT2D eigenvalue weighted by Gasteiger charge is -2.59. The molecule has 1 N–H and O–H groups in total. The molecule has 0 aromatic heterocycles. The van der Waals surface area contributed by atoms with E-state index in [0.29, 0.717) is 23.6 Å². The van der Waals surface area contributed by atoms with Crippen LogP contribution in [0.4, 0.5) is 4.39 Å². The van der Waals surface area contributed by atoms with Gasteiger partial charge in [-0.2, -0.15) is 0 Å². The molecule has 3 nitrogen and oxygen atoms in total. The van der Waals surface area contributed by atoms with Crippen LogP contribution in [0.2, 0.25) is 0 Å². The fraction of sp³-hybridized carbons (Fsp3) is 0.571. The van der Waals surface area contributed by atoms with Gasteiger partial charge in [0.25, 0.3) is 0 Å². The van der Waals surface area contributed by atoms with Crippen molar-refractivity contribution >= 4 is 0 Å². The second-order valence-electron chi connectivity index (χ2n) is 10.4. The number of ether oxygens (including phenoxy) is 2. The predicted molar refractivity (Wildman–Crippen MR) is 125 cm³/mol. The summed E-state index contributed by atoms with van der Waals surface area (Å²) in [6.45, 7) is 5.85. The second-order valence-corrected chi connectivity index (χ2v) is 10.4. The molecule has 4 heteroatoms. The van der Waals surface area contributed by atoms with Crippen molar-refractivity contribution in [2.45, 2.75) is 71.6 Å². The van der Waals surface area contributed by atoms with Gasteiger partial charge in [0.2, 0.25) is 0 Å². The van der Waals surface area contributed by atoms with E-state index in [4.69, 9.17) is 9.47 Å². The zero-order chi connectivity index (χ0) is 22.1. The molecule has 4 aliphatic rings. The van der Waals surface area contributed by atoms with E-state index in [1.54, 1.807) is 12.1 Å². The van der Waals surface area contributed by atoms with Crippen molar-refractivity contribution in [3.8, 4) is 11.5 Å². The Morgan fingerprint density at radius 2 is 1.59 bits per heavy atom. The maximum Gasteiger partial charge on any atom is 0.166 e. The van der Waals surface area contributed by atoms with Crippen LogP contribution in [-0.4, -0.2) is 12.6 Å². The molecule has 0 saturated heterocycles. The summed E-state index contributed by atoms with van der Waals surface area (Å²) in [5.41, 5.74) is 2.09. The Balaban J connectivity index is 1.31. The highest BCUT2D eigenvalue weighted by Crippen LogP contribution is 2.61. The van der Waals surface area contributed by atoms with Gasteiger partial charge in [0.15, 0.2) is 11.5 Å². The molecule has 32 heavy (non-hydrogen) atoms. The molecule has 0 amide bonds. The van der Waals surface area contributed by atoms with Gasteiger partial charge in [0.05, 0.1) is 6.61 Å². The van der Waals surface area contributed by atoms with Crippen LogP contribution in [-0.2, 0) is 13.2 Å². The maximum absolute atomic E-state index is 14.1. The van der Waals surface area contributed by atoms with Gasteiger partial charge in [-0.15, -0.1) is 0 Å². The number of nitrogens with one attached hydrogen (secondary N) is 1. The van der Waals surface area contributed by atoms with Crippen LogP contribution in [0.5, 0.6) is 11.5 Å². The second kappa shape index (κ2) is 9.05. The third kappa shape index (κ3) is 4.26. The molecule has 4 fully saturated rings. The number of rotatable bonds is 9. The average Bonchev–Trinajstić information content (AvgIpc) is 2.77. The van der Waals surface area contributed by atoms with Gasteiger partial charge in [-0.1, -0.05) is 30.3 Å². The van der Waals surface area contributed by atoms with Crippen LogP contribution >= 0.6 is 0 Å². The molecule has 0 heterocycles. The minimum absolute atomic E-state index is 0.189. The molecule has 0 aliphatic heterocycles. The van der Waals surface area contributed by atoms with Crippen LogP contribution in [0, 0.1) is 29.0 Å². The van der Waals surface area contributed by atoms with Crippen molar-refractivity contribution < 1.29 is 13.9 Å². The third-order valence-electron chi connectivity index (χ3n) is 8.29. The smallest absolute Gasteiger partial charge is 0.166 e. The lowest BCUT2D eigenvalue weighted by molar-refractivity contribution is -0.0706. The fourth-order valence-corrected chi connectivity index (χ4v) is 7.09. The maximum atomic E-state index is 14.1. The highest BCUT2D eigenvalue weighted by molar-refractivity contribution is 5.47. The first-order valence-electron chi connectivity index (χ1n) is 12.4. The van der Waals surface area contributed by atoms with Crippen molar-refractivity contribution in [3.05, 3.63) is 59.4 Å². The monoisotopic (exact) mass is 437 g/mol. The van der Waals surface area contributed by atoms with Crippen LogP contribution in [0.1, 0.15) is 63.5 Å². The van der Waals surface area contributed by atoms with E-state index in [2.05, 4.69) is 18.3 Å².